The van der Waals surface area contributed by atoms with Crippen molar-refractivity contribution in [3.8, 4) is 39.6 Å². The Hall–Kier alpha value is -4.18. The lowest BCUT2D eigenvalue weighted by molar-refractivity contribution is 0.788. The van der Waals surface area contributed by atoms with E-state index in [2.05, 4.69) is 94.6 Å². The van der Waals surface area contributed by atoms with Gasteiger partial charge in [0.25, 0.3) is 0 Å². The van der Waals surface area contributed by atoms with Crippen LogP contribution in [0.15, 0.2) is 97.2 Å². The summed E-state index contributed by atoms with van der Waals surface area (Å²) in [6.07, 6.45) is 4.37. The number of fused-ring (bicyclic) bond motifs is 5. The van der Waals surface area contributed by atoms with E-state index in [1.54, 1.807) is 0 Å². The molecule has 1 aliphatic carbocycles. The predicted octanol–water partition coefficient (Wildman–Crippen LogP) is 7.38. The smallest absolute Gasteiger partial charge is 0.154 e. The van der Waals surface area contributed by atoms with E-state index in [0.29, 0.717) is 5.41 Å². The third kappa shape index (κ3) is 2.92. The second-order valence-corrected chi connectivity index (χ2v) is 9.51. The lowest BCUT2D eigenvalue weighted by Gasteiger charge is -2.15. The van der Waals surface area contributed by atoms with Crippen LogP contribution in [-0.2, 0) is 5.41 Å². The van der Waals surface area contributed by atoms with Crippen molar-refractivity contribution in [2.75, 3.05) is 5.32 Å². The minimum absolute atomic E-state index is 0.342. The molecule has 4 heteroatoms. The summed E-state index contributed by atoms with van der Waals surface area (Å²) in [5.41, 5.74) is 9.15. The number of hydrogen-bond donors (Lipinski definition) is 1. The summed E-state index contributed by atoms with van der Waals surface area (Å²) in [6.45, 7) is 2.35. The molecule has 7 rings (SSSR count). The Bertz CT molecular complexity index is 1530. The number of nitrogens with one attached hydrogen (secondary N) is 1. The molecule has 3 aromatic carbocycles. The van der Waals surface area contributed by atoms with Gasteiger partial charge in [0, 0.05) is 22.9 Å². The molecule has 2 aliphatic rings. The average Bonchev–Trinajstić information content (AvgIpc) is 3.55. The summed E-state index contributed by atoms with van der Waals surface area (Å²) >= 11 is 0. The van der Waals surface area contributed by atoms with Gasteiger partial charge in [-0.05, 0) is 48.1 Å². The van der Waals surface area contributed by atoms with Gasteiger partial charge in [0.05, 0.1) is 22.8 Å². The number of anilines is 2. The van der Waals surface area contributed by atoms with Crippen molar-refractivity contribution >= 4 is 11.5 Å². The molecule has 0 atom stereocenters. The van der Waals surface area contributed by atoms with E-state index >= 15 is 0 Å². The van der Waals surface area contributed by atoms with Gasteiger partial charge in [-0.15, -0.1) is 0 Å². The van der Waals surface area contributed by atoms with E-state index in [1.807, 2.05) is 24.4 Å². The van der Waals surface area contributed by atoms with Crippen LogP contribution in [0.25, 0.3) is 39.6 Å². The first kappa shape index (κ1) is 19.3. The first-order chi connectivity index (χ1) is 16.7. The molecule has 2 aromatic heterocycles. The third-order valence-corrected chi connectivity index (χ3v) is 7.23. The number of aromatic nitrogens is 3. The van der Waals surface area contributed by atoms with Gasteiger partial charge in [0.2, 0.25) is 0 Å². The van der Waals surface area contributed by atoms with Gasteiger partial charge in [-0.25, -0.2) is 9.97 Å². The van der Waals surface area contributed by atoms with Gasteiger partial charge in [0.15, 0.2) is 5.82 Å². The molecule has 0 saturated heterocycles. The third-order valence-electron chi connectivity index (χ3n) is 7.23. The van der Waals surface area contributed by atoms with Crippen molar-refractivity contribution in [3.63, 3.8) is 0 Å². The van der Waals surface area contributed by atoms with Crippen molar-refractivity contribution in [1.29, 1.82) is 0 Å². The molecular formula is C30H24N4. The standard InChI is InChI=1S/C30H24N4/c1-30(17-18-30)22-15-13-21(14-16-22)27-26(20-8-3-2-4-9-20)33-29-23-10-5-6-11-24(23)32-28-25(34(27)29)12-7-19-31-28/h2-16,19H,17-18H2,1H3,(H,31,32). The molecule has 1 aliphatic heterocycles. The zero-order valence-corrected chi connectivity index (χ0v) is 19.0. The number of pyridine rings is 1. The van der Waals surface area contributed by atoms with Crippen LogP contribution in [0.2, 0.25) is 0 Å². The SMILES string of the molecule is CC1(c2ccc(-c3c(-c4ccccc4)nc4n3-c3cccnc3Nc3ccccc3-4)cc2)CC1. The first-order valence-electron chi connectivity index (χ1n) is 11.8. The Morgan fingerprint density at radius 2 is 1.56 bits per heavy atom. The molecule has 0 bridgehead atoms. The molecule has 1 N–H and O–H groups in total. The fourth-order valence-corrected chi connectivity index (χ4v) is 4.99. The van der Waals surface area contributed by atoms with E-state index in [1.165, 1.54) is 18.4 Å². The second kappa shape index (κ2) is 7.16. The highest BCUT2D eigenvalue weighted by molar-refractivity contribution is 5.90. The molecule has 5 aromatic rings. The first-order valence-corrected chi connectivity index (χ1v) is 11.8. The Labute approximate surface area is 199 Å². The van der Waals surface area contributed by atoms with Crippen molar-refractivity contribution in [1.82, 2.24) is 14.5 Å². The van der Waals surface area contributed by atoms with Gasteiger partial charge in [-0.3, -0.25) is 4.57 Å². The lowest BCUT2D eigenvalue weighted by Crippen LogP contribution is -2.03. The molecule has 164 valence electrons. The van der Waals surface area contributed by atoms with Gasteiger partial charge >= 0.3 is 0 Å². The van der Waals surface area contributed by atoms with Crippen LogP contribution in [0.5, 0.6) is 0 Å². The van der Waals surface area contributed by atoms with E-state index in [-0.39, 0.29) is 0 Å². The van der Waals surface area contributed by atoms with Crippen LogP contribution in [0.4, 0.5) is 11.5 Å². The van der Waals surface area contributed by atoms with Crippen LogP contribution in [0, 0.1) is 0 Å². The summed E-state index contributed by atoms with van der Waals surface area (Å²) in [4.78, 5) is 9.97. The number of benzene rings is 3. The summed E-state index contributed by atoms with van der Waals surface area (Å²) in [7, 11) is 0. The van der Waals surface area contributed by atoms with E-state index in [0.717, 1.165) is 51.1 Å². The highest BCUT2D eigenvalue weighted by Crippen LogP contribution is 2.49. The fourth-order valence-electron chi connectivity index (χ4n) is 4.99. The van der Waals surface area contributed by atoms with Crippen LogP contribution < -0.4 is 5.32 Å². The topological polar surface area (TPSA) is 42.7 Å². The Morgan fingerprint density at radius 3 is 2.35 bits per heavy atom. The summed E-state index contributed by atoms with van der Waals surface area (Å²) in [5.74, 6) is 1.75. The number of para-hydroxylation sites is 1. The molecule has 1 saturated carbocycles. The van der Waals surface area contributed by atoms with Gasteiger partial charge in [-0.2, -0.15) is 0 Å². The number of imidazole rings is 1. The second-order valence-electron chi connectivity index (χ2n) is 9.51. The van der Waals surface area contributed by atoms with Crippen LogP contribution in [0.3, 0.4) is 0 Å². The maximum atomic E-state index is 5.28. The maximum absolute atomic E-state index is 5.28. The molecule has 1 fully saturated rings. The van der Waals surface area contributed by atoms with Crippen molar-refractivity contribution in [2.45, 2.75) is 25.2 Å². The highest BCUT2D eigenvalue weighted by Gasteiger charge is 2.39. The molecule has 4 nitrogen and oxygen atoms in total. The molecule has 3 heterocycles. The van der Waals surface area contributed by atoms with E-state index < -0.39 is 0 Å². The monoisotopic (exact) mass is 440 g/mol. The zero-order valence-electron chi connectivity index (χ0n) is 19.0. The summed E-state index contributed by atoms with van der Waals surface area (Å²) < 4.78 is 2.28. The van der Waals surface area contributed by atoms with Crippen molar-refractivity contribution < 1.29 is 0 Å². The van der Waals surface area contributed by atoms with Crippen LogP contribution in [0.1, 0.15) is 25.3 Å². The average molecular weight is 441 g/mol. The Kier molecular flexibility index (Phi) is 4.06. The Morgan fingerprint density at radius 1 is 0.794 bits per heavy atom. The quantitative estimate of drug-likeness (QED) is 0.312. The molecule has 0 amide bonds. The Balaban J connectivity index is 1.56. The molecule has 34 heavy (non-hydrogen) atoms. The fraction of sp³-hybridized carbons (Fsp3) is 0.133. The molecule has 0 radical (unpaired) electrons. The minimum atomic E-state index is 0.342. The van der Waals surface area contributed by atoms with Gasteiger partial charge in [-0.1, -0.05) is 73.7 Å². The molecule has 0 spiro atoms. The maximum Gasteiger partial charge on any atom is 0.154 e. The normalized spacial score (nSPS) is 14.9. The number of nitrogens with zero attached hydrogens (tertiary/aromatic N) is 3. The van der Waals surface area contributed by atoms with Crippen LogP contribution in [-0.4, -0.2) is 14.5 Å². The van der Waals surface area contributed by atoms with E-state index in [4.69, 9.17) is 4.98 Å². The highest BCUT2D eigenvalue weighted by atomic mass is 15.2. The molecule has 0 unspecified atom stereocenters. The summed E-state index contributed by atoms with van der Waals surface area (Å²) in [5, 5.41) is 3.54. The summed E-state index contributed by atoms with van der Waals surface area (Å²) in [6, 6.07) is 32.0. The lowest BCUT2D eigenvalue weighted by atomic mass is 9.95. The van der Waals surface area contributed by atoms with E-state index in [9.17, 15) is 0 Å². The molecular weight excluding hydrogens is 416 g/mol. The van der Waals surface area contributed by atoms with Crippen molar-refractivity contribution in [3.05, 3.63) is 103 Å². The predicted molar refractivity (Wildman–Crippen MR) is 138 cm³/mol. The number of hydrogen-bond acceptors (Lipinski definition) is 3. The number of rotatable bonds is 3. The van der Waals surface area contributed by atoms with Crippen LogP contribution >= 0.6 is 0 Å². The van der Waals surface area contributed by atoms with Crippen molar-refractivity contribution in [2.24, 2.45) is 0 Å². The minimum Gasteiger partial charge on any atom is -0.338 e. The zero-order chi connectivity index (χ0) is 22.7. The largest absolute Gasteiger partial charge is 0.338 e. The van der Waals surface area contributed by atoms with Gasteiger partial charge < -0.3 is 5.32 Å². The van der Waals surface area contributed by atoms with Gasteiger partial charge in [0.1, 0.15) is 5.82 Å².